The van der Waals surface area contributed by atoms with E-state index in [1.807, 2.05) is 23.1 Å². The van der Waals surface area contributed by atoms with Crippen LogP contribution >= 0.6 is 0 Å². The lowest BCUT2D eigenvalue weighted by molar-refractivity contribution is 0.00367. The van der Waals surface area contributed by atoms with Crippen LogP contribution in [-0.4, -0.2) is 47.2 Å². The smallest absolute Gasteiger partial charge is 0.149 e. The lowest BCUT2D eigenvalue weighted by atomic mass is 9.93. The van der Waals surface area contributed by atoms with Gasteiger partial charge in [-0.15, -0.1) is 0 Å². The third-order valence-corrected chi connectivity index (χ3v) is 7.19. The fraction of sp³-hybridized carbons (Fsp3) is 0.370. The predicted octanol–water partition coefficient (Wildman–Crippen LogP) is 3.97. The number of allylic oxidation sites excluding steroid dienone is 1. The van der Waals surface area contributed by atoms with Gasteiger partial charge in [-0.3, -0.25) is 9.88 Å². The third-order valence-electron chi connectivity index (χ3n) is 7.19. The van der Waals surface area contributed by atoms with E-state index in [0.717, 1.165) is 38.2 Å². The first-order valence-corrected chi connectivity index (χ1v) is 11.6. The molecule has 0 saturated carbocycles. The van der Waals surface area contributed by atoms with Crippen LogP contribution in [0.1, 0.15) is 40.8 Å². The van der Waals surface area contributed by atoms with E-state index >= 15 is 0 Å². The number of anilines is 1. The number of likely N-dealkylation sites (tertiary alicyclic amines) is 1. The standard InChI is InChI=1S/C27H31FN4O/c1-4-21-7-6-20(13-18(21)2)14-29-22-9-11-31(12-10-22)16-27(33)17-32-19(3)5-8-24-26(32)25(27)23(28)15-30-24/h4-8,13,15,22,29,33H,1,3,9-12,14,16-17H2,2H3. The fourth-order valence-corrected chi connectivity index (χ4v) is 5.39. The Labute approximate surface area is 194 Å². The van der Waals surface area contributed by atoms with Crippen LogP contribution in [-0.2, 0) is 12.1 Å². The number of nitrogens with zero attached hydrogens (tertiary/aromatic N) is 3. The average Bonchev–Trinajstić information content (AvgIpc) is 3.12. The summed E-state index contributed by atoms with van der Waals surface area (Å²) >= 11 is 0. The number of benzene rings is 1. The molecule has 0 spiro atoms. The van der Waals surface area contributed by atoms with Crippen molar-refractivity contribution in [2.75, 3.05) is 31.1 Å². The average molecular weight is 447 g/mol. The summed E-state index contributed by atoms with van der Waals surface area (Å²) in [7, 11) is 0. The fourth-order valence-electron chi connectivity index (χ4n) is 5.39. The number of piperidine rings is 1. The number of aliphatic hydroxyl groups is 1. The van der Waals surface area contributed by atoms with Crippen molar-refractivity contribution in [2.45, 2.75) is 38.0 Å². The van der Waals surface area contributed by atoms with Crippen molar-refractivity contribution in [3.8, 4) is 0 Å². The normalized spacial score (nSPS) is 22.6. The first-order chi connectivity index (χ1) is 15.9. The van der Waals surface area contributed by atoms with Gasteiger partial charge in [0.05, 0.1) is 24.1 Å². The number of nitrogens with one attached hydrogen (secondary N) is 1. The number of aryl methyl sites for hydroxylation is 1. The second kappa shape index (κ2) is 8.52. The van der Waals surface area contributed by atoms with E-state index in [-0.39, 0.29) is 0 Å². The third kappa shape index (κ3) is 4.03. The van der Waals surface area contributed by atoms with Crippen molar-refractivity contribution >= 4 is 17.8 Å². The van der Waals surface area contributed by atoms with Gasteiger partial charge in [-0.2, -0.15) is 0 Å². The molecule has 1 unspecified atom stereocenters. The number of β-amino-alcohol motifs (C(OH)–C–C–N with tert-alkyl or cyclic N) is 1. The molecule has 2 N–H and O–H groups in total. The molecule has 33 heavy (non-hydrogen) atoms. The molecule has 0 bridgehead atoms. The van der Waals surface area contributed by atoms with Crippen molar-refractivity contribution in [2.24, 2.45) is 0 Å². The first-order valence-electron chi connectivity index (χ1n) is 11.6. The molecule has 0 aliphatic carbocycles. The molecule has 3 aliphatic heterocycles. The minimum absolute atomic E-state index is 0.305. The largest absolute Gasteiger partial charge is 0.382 e. The minimum atomic E-state index is -1.28. The highest BCUT2D eigenvalue weighted by atomic mass is 19.1. The Kier molecular flexibility index (Phi) is 5.69. The quantitative estimate of drug-likeness (QED) is 0.703. The molecule has 3 aliphatic rings. The highest BCUT2D eigenvalue weighted by Gasteiger charge is 2.47. The van der Waals surface area contributed by atoms with Gasteiger partial charge in [0.25, 0.3) is 0 Å². The molecule has 1 atom stereocenters. The van der Waals surface area contributed by atoms with Gasteiger partial charge in [-0.1, -0.05) is 37.4 Å². The van der Waals surface area contributed by atoms with Crippen LogP contribution in [0, 0.1) is 12.7 Å². The van der Waals surface area contributed by atoms with Crippen molar-refractivity contribution in [1.29, 1.82) is 0 Å². The summed E-state index contributed by atoms with van der Waals surface area (Å²) in [5.41, 5.74) is 4.88. The SMILES string of the molecule is C=Cc1ccc(CNC2CCN(CC3(O)CN4C(=C)C=Cc5ncc(F)c3c54)CC2)cc1C. The Morgan fingerprint density at radius 1 is 1.30 bits per heavy atom. The van der Waals surface area contributed by atoms with Crippen molar-refractivity contribution in [3.63, 3.8) is 0 Å². The number of aromatic nitrogens is 1. The van der Waals surface area contributed by atoms with Crippen LogP contribution in [0.2, 0.25) is 0 Å². The molecule has 1 fully saturated rings. The molecule has 4 heterocycles. The zero-order valence-corrected chi connectivity index (χ0v) is 19.1. The van der Waals surface area contributed by atoms with E-state index in [0.29, 0.717) is 36.1 Å². The van der Waals surface area contributed by atoms with Gasteiger partial charge in [-0.25, -0.2) is 4.39 Å². The molecular formula is C27H31FN4O. The lowest BCUT2D eigenvalue weighted by Crippen LogP contribution is -2.49. The van der Waals surface area contributed by atoms with E-state index in [1.54, 1.807) is 0 Å². The maximum Gasteiger partial charge on any atom is 0.149 e. The maximum atomic E-state index is 14.8. The van der Waals surface area contributed by atoms with E-state index in [9.17, 15) is 9.50 Å². The summed E-state index contributed by atoms with van der Waals surface area (Å²) < 4.78 is 14.8. The molecule has 0 radical (unpaired) electrons. The van der Waals surface area contributed by atoms with Crippen molar-refractivity contribution in [1.82, 2.24) is 15.2 Å². The van der Waals surface area contributed by atoms with E-state index in [4.69, 9.17) is 0 Å². The van der Waals surface area contributed by atoms with E-state index < -0.39 is 11.4 Å². The number of hydrogen-bond donors (Lipinski definition) is 2. The Morgan fingerprint density at radius 3 is 2.82 bits per heavy atom. The lowest BCUT2D eigenvalue weighted by Gasteiger charge is -2.37. The van der Waals surface area contributed by atoms with Gasteiger partial charge in [0.2, 0.25) is 0 Å². The van der Waals surface area contributed by atoms with E-state index in [2.05, 4.69) is 53.5 Å². The van der Waals surface area contributed by atoms with Gasteiger partial charge in [-0.05, 0) is 61.7 Å². The summed E-state index contributed by atoms with van der Waals surface area (Å²) in [6, 6.07) is 6.91. The van der Waals surface area contributed by atoms with Crippen LogP contribution in [0.3, 0.4) is 0 Å². The zero-order valence-electron chi connectivity index (χ0n) is 19.1. The maximum absolute atomic E-state index is 14.8. The molecule has 1 aromatic carbocycles. The van der Waals surface area contributed by atoms with Crippen LogP contribution in [0.15, 0.2) is 49.3 Å². The first kappa shape index (κ1) is 22.0. The van der Waals surface area contributed by atoms with Crippen LogP contribution < -0.4 is 10.2 Å². The Hall–Kier alpha value is -2.80. The van der Waals surface area contributed by atoms with E-state index in [1.165, 1.54) is 22.9 Å². The molecular weight excluding hydrogens is 415 g/mol. The molecule has 172 valence electrons. The van der Waals surface area contributed by atoms with Gasteiger partial charge < -0.3 is 15.3 Å². The summed E-state index contributed by atoms with van der Waals surface area (Å²) in [6.07, 6.45) is 8.81. The Bertz CT molecular complexity index is 1140. The van der Waals surface area contributed by atoms with Gasteiger partial charge in [0.1, 0.15) is 11.4 Å². The molecule has 0 amide bonds. The predicted molar refractivity (Wildman–Crippen MR) is 131 cm³/mol. The van der Waals surface area contributed by atoms with Crippen LogP contribution in [0.25, 0.3) is 12.2 Å². The second-order valence-corrected chi connectivity index (χ2v) is 9.48. The molecule has 6 heteroatoms. The molecule has 2 aromatic rings. The second-order valence-electron chi connectivity index (χ2n) is 9.48. The van der Waals surface area contributed by atoms with Crippen molar-refractivity contribution in [3.05, 3.63) is 83.1 Å². The van der Waals surface area contributed by atoms with Gasteiger partial charge in [0, 0.05) is 30.4 Å². The monoisotopic (exact) mass is 446 g/mol. The van der Waals surface area contributed by atoms with Crippen molar-refractivity contribution < 1.29 is 9.50 Å². The summed E-state index contributed by atoms with van der Waals surface area (Å²) in [6.45, 7) is 13.3. The van der Waals surface area contributed by atoms with Gasteiger partial charge in [0.15, 0.2) is 0 Å². The van der Waals surface area contributed by atoms with Gasteiger partial charge >= 0.3 is 0 Å². The highest BCUT2D eigenvalue weighted by molar-refractivity contribution is 5.80. The molecule has 5 nitrogen and oxygen atoms in total. The van der Waals surface area contributed by atoms with Crippen LogP contribution in [0.4, 0.5) is 10.1 Å². The molecule has 1 saturated heterocycles. The summed E-state index contributed by atoms with van der Waals surface area (Å²) in [4.78, 5) is 8.35. The highest BCUT2D eigenvalue weighted by Crippen LogP contribution is 2.46. The number of pyridine rings is 1. The molecule has 1 aromatic heterocycles. The molecule has 5 rings (SSSR count). The Morgan fingerprint density at radius 2 is 2.09 bits per heavy atom. The zero-order chi connectivity index (χ0) is 23.2. The number of hydrogen-bond acceptors (Lipinski definition) is 5. The summed E-state index contributed by atoms with van der Waals surface area (Å²) in [5.74, 6) is -0.448. The Balaban J connectivity index is 1.21. The van der Waals surface area contributed by atoms with Crippen LogP contribution in [0.5, 0.6) is 0 Å². The topological polar surface area (TPSA) is 51.6 Å². The summed E-state index contributed by atoms with van der Waals surface area (Å²) in [5, 5.41) is 15.3. The minimum Gasteiger partial charge on any atom is -0.382 e. The number of halogens is 1. The number of rotatable bonds is 6.